The van der Waals surface area contributed by atoms with Crippen LogP contribution < -0.4 is 0 Å². The molecule has 16 heavy (non-hydrogen) atoms. The van der Waals surface area contributed by atoms with E-state index in [1.54, 1.807) is 6.07 Å². The van der Waals surface area contributed by atoms with Crippen molar-refractivity contribution in [3.63, 3.8) is 0 Å². The first-order valence-corrected chi connectivity index (χ1v) is 5.45. The van der Waals surface area contributed by atoms with Gasteiger partial charge in [0.2, 0.25) is 0 Å². The van der Waals surface area contributed by atoms with Crippen molar-refractivity contribution in [3.05, 3.63) is 53.1 Å². The number of aryl methyl sites for hydroxylation is 2. The lowest BCUT2D eigenvalue weighted by molar-refractivity contribution is 0.475. The van der Waals surface area contributed by atoms with Crippen molar-refractivity contribution in [2.75, 3.05) is 0 Å². The van der Waals surface area contributed by atoms with E-state index >= 15 is 0 Å². The van der Waals surface area contributed by atoms with E-state index in [-0.39, 0.29) is 0 Å². The Balaban J connectivity index is 2.64. The van der Waals surface area contributed by atoms with E-state index in [0.717, 1.165) is 16.7 Å². The maximum absolute atomic E-state index is 9.65. The zero-order valence-corrected chi connectivity index (χ0v) is 9.91. The largest absolute Gasteiger partial charge is 0.508 e. The fourth-order valence-corrected chi connectivity index (χ4v) is 1.95. The van der Waals surface area contributed by atoms with E-state index in [1.807, 2.05) is 19.1 Å². The summed E-state index contributed by atoms with van der Waals surface area (Å²) in [5.74, 6) is 0.333. The summed E-state index contributed by atoms with van der Waals surface area (Å²) in [5.41, 5.74) is 5.86. The number of aromatic hydroxyl groups is 1. The van der Waals surface area contributed by atoms with Crippen LogP contribution in [0.4, 0.5) is 0 Å². The molecule has 0 saturated carbocycles. The van der Waals surface area contributed by atoms with Crippen molar-refractivity contribution in [2.45, 2.75) is 20.8 Å². The minimum Gasteiger partial charge on any atom is -0.508 e. The van der Waals surface area contributed by atoms with E-state index in [0.29, 0.717) is 5.75 Å². The number of hydrogen-bond donors (Lipinski definition) is 1. The summed E-state index contributed by atoms with van der Waals surface area (Å²) >= 11 is 0. The Labute approximate surface area is 96.4 Å². The van der Waals surface area contributed by atoms with Crippen molar-refractivity contribution >= 4 is 0 Å². The molecule has 0 fully saturated rings. The summed E-state index contributed by atoms with van der Waals surface area (Å²) in [6.45, 7) is 6.19. The maximum atomic E-state index is 9.65. The van der Waals surface area contributed by atoms with Crippen LogP contribution in [-0.2, 0) is 0 Å². The van der Waals surface area contributed by atoms with Crippen molar-refractivity contribution in [1.29, 1.82) is 0 Å². The summed E-state index contributed by atoms with van der Waals surface area (Å²) < 4.78 is 0. The predicted octanol–water partition coefficient (Wildman–Crippen LogP) is 3.98. The molecule has 0 aliphatic rings. The average Bonchev–Trinajstić information content (AvgIpc) is 2.23. The van der Waals surface area contributed by atoms with Crippen LogP contribution in [-0.4, -0.2) is 5.11 Å². The Morgan fingerprint density at radius 2 is 1.69 bits per heavy atom. The van der Waals surface area contributed by atoms with Crippen LogP contribution in [0.2, 0.25) is 0 Å². The summed E-state index contributed by atoms with van der Waals surface area (Å²) in [5, 5.41) is 9.65. The third-order valence-electron chi connectivity index (χ3n) is 2.98. The smallest absolute Gasteiger partial charge is 0.116 e. The van der Waals surface area contributed by atoms with Gasteiger partial charge >= 0.3 is 0 Å². The molecule has 0 saturated heterocycles. The van der Waals surface area contributed by atoms with Gasteiger partial charge in [-0.1, -0.05) is 29.8 Å². The molecule has 1 N–H and O–H groups in total. The average molecular weight is 212 g/mol. The second-order valence-electron chi connectivity index (χ2n) is 4.30. The Morgan fingerprint density at radius 1 is 0.938 bits per heavy atom. The van der Waals surface area contributed by atoms with Crippen LogP contribution >= 0.6 is 0 Å². The maximum Gasteiger partial charge on any atom is 0.116 e. The van der Waals surface area contributed by atoms with Gasteiger partial charge in [-0.15, -0.1) is 0 Å². The highest BCUT2D eigenvalue weighted by Crippen LogP contribution is 2.30. The summed E-state index contributed by atoms with van der Waals surface area (Å²) in [7, 11) is 0. The molecule has 0 unspecified atom stereocenters. The molecule has 0 heterocycles. The van der Waals surface area contributed by atoms with Crippen LogP contribution in [0.5, 0.6) is 5.75 Å². The lowest BCUT2D eigenvalue weighted by Crippen LogP contribution is -1.88. The number of phenolic OH excluding ortho intramolecular Hbond substituents is 1. The zero-order chi connectivity index (χ0) is 11.7. The van der Waals surface area contributed by atoms with Gasteiger partial charge in [-0.2, -0.15) is 0 Å². The highest BCUT2D eigenvalue weighted by molar-refractivity contribution is 5.70. The van der Waals surface area contributed by atoms with Gasteiger partial charge in [0.05, 0.1) is 0 Å². The summed E-state index contributed by atoms with van der Waals surface area (Å²) in [6.07, 6.45) is 0. The minimum absolute atomic E-state index is 0.333. The molecule has 2 aromatic carbocycles. The first kappa shape index (κ1) is 10.7. The van der Waals surface area contributed by atoms with Crippen LogP contribution in [0, 0.1) is 20.8 Å². The van der Waals surface area contributed by atoms with Gasteiger partial charge in [-0.25, -0.2) is 0 Å². The molecule has 0 aliphatic carbocycles. The Kier molecular flexibility index (Phi) is 2.69. The van der Waals surface area contributed by atoms with Gasteiger partial charge in [-0.3, -0.25) is 0 Å². The quantitative estimate of drug-likeness (QED) is 0.758. The molecule has 0 aliphatic heterocycles. The lowest BCUT2D eigenvalue weighted by atomic mass is 9.96. The van der Waals surface area contributed by atoms with Crippen molar-refractivity contribution < 1.29 is 5.11 Å². The molecule has 1 nitrogen and oxygen atoms in total. The van der Waals surface area contributed by atoms with Crippen molar-refractivity contribution in [2.24, 2.45) is 0 Å². The van der Waals surface area contributed by atoms with Crippen LogP contribution in [0.15, 0.2) is 36.4 Å². The SMILES string of the molecule is Cc1cccc(-c2cc(O)cc(C)c2C)c1. The highest BCUT2D eigenvalue weighted by atomic mass is 16.3. The van der Waals surface area contributed by atoms with Gasteiger partial charge in [0, 0.05) is 0 Å². The number of phenols is 1. The first-order chi connectivity index (χ1) is 7.58. The predicted molar refractivity (Wildman–Crippen MR) is 67.8 cm³/mol. The minimum atomic E-state index is 0.333. The highest BCUT2D eigenvalue weighted by Gasteiger charge is 2.06. The standard InChI is InChI=1S/C15H16O/c1-10-5-4-6-13(7-10)15-9-14(16)8-11(2)12(15)3/h4-9,16H,1-3H3. The topological polar surface area (TPSA) is 20.2 Å². The molecule has 2 rings (SSSR count). The van der Waals surface area contributed by atoms with Crippen LogP contribution in [0.1, 0.15) is 16.7 Å². The van der Waals surface area contributed by atoms with Crippen molar-refractivity contribution in [3.8, 4) is 16.9 Å². The second kappa shape index (κ2) is 4.01. The summed E-state index contributed by atoms with van der Waals surface area (Å²) in [4.78, 5) is 0. The molecule has 0 bridgehead atoms. The third kappa shape index (κ3) is 1.94. The Morgan fingerprint density at radius 3 is 2.38 bits per heavy atom. The molecule has 0 radical (unpaired) electrons. The van der Waals surface area contributed by atoms with E-state index in [9.17, 15) is 5.11 Å². The zero-order valence-electron chi connectivity index (χ0n) is 9.91. The number of hydrogen-bond acceptors (Lipinski definition) is 1. The van der Waals surface area contributed by atoms with Gasteiger partial charge in [0.15, 0.2) is 0 Å². The fourth-order valence-electron chi connectivity index (χ4n) is 1.95. The van der Waals surface area contributed by atoms with E-state index in [4.69, 9.17) is 0 Å². The molecule has 82 valence electrons. The van der Waals surface area contributed by atoms with Gasteiger partial charge < -0.3 is 5.11 Å². The normalized spacial score (nSPS) is 10.4. The van der Waals surface area contributed by atoms with Crippen molar-refractivity contribution in [1.82, 2.24) is 0 Å². The number of rotatable bonds is 1. The molecular formula is C15H16O. The molecule has 2 aromatic rings. The Hall–Kier alpha value is -1.76. The lowest BCUT2D eigenvalue weighted by Gasteiger charge is -2.10. The molecule has 0 aromatic heterocycles. The fraction of sp³-hybridized carbons (Fsp3) is 0.200. The van der Waals surface area contributed by atoms with E-state index < -0.39 is 0 Å². The van der Waals surface area contributed by atoms with Crippen LogP contribution in [0.3, 0.4) is 0 Å². The molecular weight excluding hydrogens is 196 g/mol. The van der Waals surface area contributed by atoms with E-state index in [2.05, 4.69) is 32.0 Å². The molecule has 0 spiro atoms. The molecule has 0 atom stereocenters. The van der Waals surface area contributed by atoms with E-state index in [1.165, 1.54) is 11.1 Å². The van der Waals surface area contributed by atoms with Gasteiger partial charge in [0.1, 0.15) is 5.75 Å². The van der Waals surface area contributed by atoms with Gasteiger partial charge in [-0.05, 0) is 55.2 Å². The summed E-state index contributed by atoms with van der Waals surface area (Å²) in [6, 6.07) is 12.0. The molecule has 1 heteroatoms. The third-order valence-corrected chi connectivity index (χ3v) is 2.98. The molecule has 0 amide bonds. The van der Waals surface area contributed by atoms with Crippen LogP contribution in [0.25, 0.3) is 11.1 Å². The first-order valence-electron chi connectivity index (χ1n) is 5.45. The number of benzene rings is 2. The monoisotopic (exact) mass is 212 g/mol. The Bertz CT molecular complexity index is 527. The second-order valence-corrected chi connectivity index (χ2v) is 4.30. The van der Waals surface area contributed by atoms with Gasteiger partial charge in [0.25, 0.3) is 0 Å².